The molecule has 5 heteroatoms. The molecule has 2 N–H and O–H groups in total. The Kier molecular flexibility index (Phi) is 4.44. The Morgan fingerprint density at radius 2 is 2.12 bits per heavy atom. The van der Waals surface area contributed by atoms with Gasteiger partial charge in [0.2, 0.25) is 0 Å². The number of nitrogen functional groups attached to an aromatic ring is 1. The highest BCUT2D eigenvalue weighted by Gasteiger charge is 2.16. The predicted molar refractivity (Wildman–Crippen MR) is 66.0 cm³/mol. The summed E-state index contributed by atoms with van der Waals surface area (Å²) in [7, 11) is 0. The number of hydrogen-bond acceptors (Lipinski definition) is 3. The highest BCUT2D eigenvalue weighted by Crippen LogP contribution is 2.28. The zero-order valence-corrected chi connectivity index (χ0v) is 10.6. The van der Waals surface area contributed by atoms with Crippen LogP contribution in [-0.2, 0) is 4.74 Å². The van der Waals surface area contributed by atoms with Crippen molar-refractivity contribution >= 4 is 34.9 Å². The molecule has 1 aromatic rings. The Balaban J connectivity index is 2.99. The Morgan fingerprint density at radius 3 is 2.69 bits per heavy atom. The fraction of sp³-hybridized carbons (Fsp3) is 0.364. The number of nitrogens with two attached hydrogens (primary N) is 1. The Morgan fingerprint density at radius 1 is 1.50 bits per heavy atom. The number of anilines is 1. The lowest BCUT2D eigenvalue weighted by Crippen LogP contribution is -2.15. The summed E-state index contributed by atoms with van der Waals surface area (Å²) in [5.41, 5.74) is 6.08. The molecule has 0 heterocycles. The summed E-state index contributed by atoms with van der Waals surface area (Å²) >= 11 is 11.6. The van der Waals surface area contributed by atoms with Crippen molar-refractivity contribution in [3.63, 3.8) is 0 Å². The zero-order chi connectivity index (χ0) is 12.3. The van der Waals surface area contributed by atoms with Crippen LogP contribution in [0.1, 0.15) is 30.6 Å². The minimum Gasteiger partial charge on any atom is -0.459 e. The highest BCUT2D eigenvalue weighted by atomic mass is 35.5. The Hall–Kier alpha value is -0.930. The number of carbonyl (C=O) groups excluding carboxylic acids is 1. The van der Waals surface area contributed by atoms with Crippen LogP contribution in [0, 0.1) is 0 Å². The van der Waals surface area contributed by atoms with Crippen molar-refractivity contribution < 1.29 is 9.53 Å². The van der Waals surface area contributed by atoms with Crippen molar-refractivity contribution in [3.05, 3.63) is 27.7 Å². The molecule has 3 nitrogen and oxygen atoms in total. The first-order valence-corrected chi connectivity index (χ1v) is 5.66. The van der Waals surface area contributed by atoms with Gasteiger partial charge >= 0.3 is 5.97 Å². The van der Waals surface area contributed by atoms with Gasteiger partial charge in [0.1, 0.15) is 0 Å². The molecular weight excluding hydrogens is 249 g/mol. The van der Waals surface area contributed by atoms with Crippen molar-refractivity contribution in [2.24, 2.45) is 0 Å². The van der Waals surface area contributed by atoms with E-state index in [1.165, 1.54) is 12.1 Å². The van der Waals surface area contributed by atoms with E-state index in [0.29, 0.717) is 5.02 Å². The monoisotopic (exact) mass is 261 g/mol. The molecule has 1 atom stereocenters. The third-order valence-electron chi connectivity index (χ3n) is 2.20. The van der Waals surface area contributed by atoms with Crippen molar-refractivity contribution in [1.82, 2.24) is 0 Å². The fourth-order valence-electron chi connectivity index (χ4n) is 1.08. The molecule has 0 aliphatic heterocycles. The SMILES string of the molecule is CCC(C)OC(=O)c1cc(Cl)cc(Cl)c1N. The zero-order valence-electron chi connectivity index (χ0n) is 9.09. The quantitative estimate of drug-likeness (QED) is 0.669. The van der Waals surface area contributed by atoms with Crippen LogP contribution in [0.5, 0.6) is 0 Å². The van der Waals surface area contributed by atoms with E-state index in [9.17, 15) is 4.79 Å². The van der Waals surface area contributed by atoms with E-state index in [0.717, 1.165) is 6.42 Å². The van der Waals surface area contributed by atoms with Crippen LogP contribution in [0.3, 0.4) is 0 Å². The van der Waals surface area contributed by atoms with E-state index in [1.807, 2.05) is 6.92 Å². The number of carbonyl (C=O) groups is 1. The van der Waals surface area contributed by atoms with Crippen molar-refractivity contribution in [2.75, 3.05) is 5.73 Å². The number of halogens is 2. The van der Waals surface area contributed by atoms with Crippen molar-refractivity contribution in [1.29, 1.82) is 0 Å². The smallest absolute Gasteiger partial charge is 0.340 e. The fourth-order valence-corrected chi connectivity index (χ4v) is 1.58. The molecule has 0 spiro atoms. The summed E-state index contributed by atoms with van der Waals surface area (Å²) in [5.74, 6) is -0.503. The van der Waals surface area contributed by atoms with E-state index in [2.05, 4.69) is 0 Å². The minimum atomic E-state index is -0.503. The number of rotatable bonds is 3. The van der Waals surface area contributed by atoms with E-state index in [-0.39, 0.29) is 22.4 Å². The van der Waals surface area contributed by atoms with Crippen LogP contribution in [0.2, 0.25) is 10.0 Å². The van der Waals surface area contributed by atoms with Gasteiger partial charge in [-0.1, -0.05) is 30.1 Å². The maximum absolute atomic E-state index is 11.7. The van der Waals surface area contributed by atoms with Crippen LogP contribution < -0.4 is 5.73 Å². The van der Waals surface area contributed by atoms with Crippen LogP contribution in [-0.4, -0.2) is 12.1 Å². The average Bonchev–Trinajstić information content (AvgIpc) is 2.22. The van der Waals surface area contributed by atoms with Gasteiger partial charge in [-0.05, 0) is 25.5 Å². The molecule has 16 heavy (non-hydrogen) atoms. The molecule has 0 aliphatic carbocycles. The van der Waals surface area contributed by atoms with Gasteiger partial charge in [-0.2, -0.15) is 0 Å². The predicted octanol–water partition coefficient (Wildman–Crippen LogP) is 3.53. The normalized spacial score (nSPS) is 12.2. The summed E-state index contributed by atoms with van der Waals surface area (Å²) in [6.45, 7) is 3.73. The van der Waals surface area contributed by atoms with Gasteiger partial charge < -0.3 is 10.5 Å². The van der Waals surface area contributed by atoms with Gasteiger partial charge in [0.05, 0.1) is 22.4 Å². The first-order chi connectivity index (χ1) is 7.45. The van der Waals surface area contributed by atoms with Gasteiger partial charge in [0, 0.05) is 5.02 Å². The molecule has 0 amide bonds. The number of hydrogen-bond donors (Lipinski definition) is 1. The first-order valence-electron chi connectivity index (χ1n) is 4.91. The van der Waals surface area contributed by atoms with Crippen LogP contribution in [0.25, 0.3) is 0 Å². The second kappa shape index (κ2) is 5.41. The molecule has 0 aromatic heterocycles. The van der Waals surface area contributed by atoms with Crippen LogP contribution >= 0.6 is 23.2 Å². The second-order valence-corrected chi connectivity index (χ2v) is 4.32. The van der Waals surface area contributed by atoms with Gasteiger partial charge in [0.25, 0.3) is 0 Å². The highest BCUT2D eigenvalue weighted by molar-refractivity contribution is 6.37. The van der Waals surface area contributed by atoms with Crippen molar-refractivity contribution in [2.45, 2.75) is 26.4 Å². The van der Waals surface area contributed by atoms with E-state index in [4.69, 9.17) is 33.7 Å². The standard InChI is InChI=1S/C11H13Cl2NO2/c1-3-6(2)16-11(15)8-4-7(12)5-9(13)10(8)14/h4-6H,3,14H2,1-2H3. The van der Waals surface area contributed by atoms with Crippen molar-refractivity contribution in [3.8, 4) is 0 Å². The van der Waals surface area contributed by atoms with E-state index in [1.54, 1.807) is 6.92 Å². The second-order valence-electron chi connectivity index (χ2n) is 3.47. The molecule has 1 aromatic carbocycles. The third-order valence-corrected chi connectivity index (χ3v) is 2.73. The number of esters is 1. The molecule has 0 aliphatic rings. The Bertz CT molecular complexity index is 407. The number of ether oxygens (including phenoxy) is 1. The molecule has 1 unspecified atom stereocenters. The third kappa shape index (κ3) is 3.03. The molecule has 0 saturated carbocycles. The first kappa shape index (κ1) is 13.1. The van der Waals surface area contributed by atoms with E-state index >= 15 is 0 Å². The molecule has 0 bridgehead atoms. The van der Waals surface area contributed by atoms with E-state index < -0.39 is 5.97 Å². The number of benzene rings is 1. The van der Waals surface area contributed by atoms with Gasteiger partial charge in [-0.15, -0.1) is 0 Å². The van der Waals surface area contributed by atoms with Gasteiger partial charge in [0.15, 0.2) is 0 Å². The summed E-state index contributed by atoms with van der Waals surface area (Å²) in [6, 6.07) is 2.94. The lowest BCUT2D eigenvalue weighted by molar-refractivity contribution is 0.0336. The topological polar surface area (TPSA) is 52.3 Å². The largest absolute Gasteiger partial charge is 0.459 e. The van der Waals surface area contributed by atoms with Crippen LogP contribution in [0.15, 0.2) is 12.1 Å². The molecule has 1 rings (SSSR count). The average molecular weight is 262 g/mol. The summed E-state index contributed by atoms with van der Waals surface area (Å²) in [5, 5.41) is 0.610. The molecule has 88 valence electrons. The van der Waals surface area contributed by atoms with Crippen LogP contribution in [0.4, 0.5) is 5.69 Å². The van der Waals surface area contributed by atoms with Gasteiger partial charge in [-0.3, -0.25) is 0 Å². The molecule has 0 fully saturated rings. The lowest BCUT2D eigenvalue weighted by atomic mass is 10.2. The summed E-state index contributed by atoms with van der Waals surface area (Å²) in [6.07, 6.45) is 0.574. The summed E-state index contributed by atoms with van der Waals surface area (Å²) in [4.78, 5) is 11.7. The summed E-state index contributed by atoms with van der Waals surface area (Å²) < 4.78 is 5.14. The maximum Gasteiger partial charge on any atom is 0.340 e. The Labute approximate surface area is 104 Å². The molecular formula is C11H13Cl2NO2. The molecule has 0 saturated heterocycles. The molecule has 0 radical (unpaired) electrons. The van der Waals surface area contributed by atoms with Gasteiger partial charge in [-0.25, -0.2) is 4.79 Å². The maximum atomic E-state index is 11.7. The lowest BCUT2D eigenvalue weighted by Gasteiger charge is -2.12. The minimum absolute atomic E-state index is 0.162.